The summed E-state index contributed by atoms with van der Waals surface area (Å²) in [6, 6.07) is 25.3. The molecule has 0 unspecified atom stereocenters. The fraction of sp³-hybridized carbons (Fsp3) is 0.408. The number of benzene rings is 3. The molecular formula is C49H64N2O7. The Labute approximate surface area is 346 Å². The first kappa shape index (κ1) is 45.8. The van der Waals surface area contributed by atoms with E-state index in [1.807, 2.05) is 91.9 Å². The van der Waals surface area contributed by atoms with Gasteiger partial charge >= 0.3 is 0 Å². The molecule has 4 rings (SSSR count). The molecule has 0 saturated carbocycles. The van der Waals surface area contributed by atoms with Crippen molar-refractivity contribution in [1.82, 2.24) is 10.6 Å². The normalized spacial score (nSPS) is 15.2. The molecule has 1 atom stereocenters. The summed E-state index contributed by atoms with van der Waals surface area (Å²) in [5.41, 5.74) is 7.30. The summed E-state index contributed by atoms with van der Waals surface area (Å²) in [4.78, 5) is 12.3. The van der Waals surface area contributed by atoms with Crippen molar-refractivity contribution in [2.45, 2.75) is 73.2 Å². The first-order valence-electron chi connectivity index (χ1n) is 20.4. The lowest BCUT2D eigenvalue weighted by atomic mass is 9.72. The van der Waals surface area contributed by atoms with Gasteiger partial charge < -0.3 is 39.4 Å². The Morgan fingerprint density at radius 2 is 1.47 bits per heavy atom. The zero-order valence-electron chi connectivity index (χ0n) is 35.1. The molecule has 0 aromatic heterocycles. The van der Waals surface area contributed by atoms with Crippen molar-refractivity contribution in [3.63, 3.8) is 0 Å². The highest BCUT2D eigenvalue weighted by atomic mass is 16.5. The third-order valence-electron chi connectivity index (χ3n) is 9.69. The van der Waals surface area contributed by atoms with Gasteiger partial charge in [-0.05, 0) is 79.9 Å². The molecule has 0 bridgehead atoms. The molecule has 58 heavy (non-hydrogen) atoms. The smallest absolute Gasteiger partial charge is 0.244 e. The maximum Gasteiger partial charge on any atom is 0.244 e. The van der Waals surface area contributed by atoms with Gasteiger partial charge in [-0.15, -0.1) is 0 Å². The average Bonchev–Trinajstić information content (AvgIpc) is 3.21. The van der Waals surface area contributed by atoms with Crippen LogP contribution in [0.1, 0.15) is 65.0 Å². The van der Waals surface area contributed by atoms with Crippen LogP contribution in [0.15, 0.2) is 138 Å². The molecule has 3 aromatic rings. The van der Waals surface area contributed by atoms with Crippen molar-refractivity contribution in [3.8, 4) is 17.2 Å². The minimum Gasteiger partial charge on any atom is -0.491 e. The van der Waals surface area contributed by atoms with Crippen LogP contribution < -0.4 is 24.8 Å². The fourth-order valence-electron chi connectivity index (χ4n) is 6.45. The molecular weight excluding hydrogens is 729 g/mol. The van der Waals surface area contributed by atoms with Crippen LogP contribution in [-0.2, 0) is 27.5 Å². The van der Waals surface area contributed by atoms with E-state index < -0.39 is 6.10 Å². The highest BCUT2D eigenvalue weighted by Crippen LogP contribution is 2.41. The Kier molecular flexibility index (Phi) is 20.1. The number of amides is 1. The molecule has 3 aromatic carbocycles. The van der Waals surface area contributed by atoms with Gasteiger partial charge in [-0.25, -0.2) is 0 Å². The van der Waals surface area contributed by atoms with Crippen LogP contribution in [0, 0.1) is 5.41 Å². The van der Waals surface area contributed by atoms with E-state index in [-0.39, 0.29) is 17.9 Å². The molecule has 1 amide bonds. The molecule has 3 N–H and O–H groups in total. The lowest BCUT2D eigenvalue weighted by molar-refractivity contribution is -0.116. The van der Waals surface area contributed by atoms with Crippen LogP contribution in [0.3, 0.4) is 0 Å². The molecule has 0 fully saturated rings. The molecule has 1 aliphatic carbocycles. The van der Waals surface area contributed by atoms with E-state index in [2.05, 4.69) is 56.6 Å². The molecule has 0 spiro atoms. The second-order valence-corrected chi connectivity index (χ2v) is 15.3. The Balaban J connectivity index is 1.03. The quantitative estimate of drug-likeness (QED) is 0.0444. The Morgan fingerprint density at radius 1 is 0.810 bits per heavy atom. The molecule has 1 aliphatic rings. The number of allylic oxidation sites excluding steroid dienone is 9. The largest absolute Gasteiger partial charge is 0.491 e. The predicted molar refractivity (Wildman–Crippen MR) is 233 cm³/mol. The van der Waals surface area contributed by atoms with Crippen molar-refractivity contribution in [2.75, 3.05) is 52.7 Å². The number of ether oxygens (including phenoxy) is 5. The van der Waals surface area contributed by atoms with Crippen molar-refractivity contribution >= 4 is 5.91 Å². The third kappa shape index (κ3) is 17.7. The minimum absolute atomic E-state index is 0.110. The summed E-state index contributed by atoms with van der Waals surface area (Å²) >= 11 is 0. The van der Waals surface area contributed by atoms with Crippen molar-refractivity contribution in [3.05, 3.63) is 149 Å². The standard InChI is InChI=1S/C49H64N2O7/c1-38(21-23-45-40(3)16-13-25-49(45,4)5)14-12-15-39(2)32-48(53)51-27-29-55-31-30-54-28-26-50-34-43(52)37-56-44-22-24-46(57-35-41-17-8-6-9-18-41)47(33-44)58-36-42-19-10-7-11-20-42/h6-12,14-15,17-24,32-33,43,50,52H,13,16,25-31,34-37H2,1-5H3,(H,51,53)/b15-12+,23-21+,38-14+,39-32+/t43-/m1/s1. The fourth-order valence-corrected chi connectivity index (χ4v) is 6.45. The van der Waals surface area contributed by atoms with Gasteiger partial charge in [-0.1, -0.05) is 116 Å². The number of hydrogen-bond acceptors (Lipinski definition) is 8. The first-order valence-corrected chi connectivity index (χ1v) is 20.4. The van der Waals surface area contributed by atoms with Crippen LogP contribution in [0.2, 0.25) is 0 Å². The summed E-state index contributed by atoms with van der Waals surface area (Å²) in [6.45, 7) is 14.9. The zero-order valence-corrected chi connectivity index (χ0v) is 35.1. The molecule has 0 aliphatic heterocycles. The molecule has 0 radical (unpaired) electrons. The van der Waals surface area contributed by atoms with E-state index in [4.69, 9.17) is 23.7 Å². The van der Waals surface area contributed by atoms with Gasteiger partial charge in [0.1, 0.15) is 31.7 Å². The minimum atomic E-state index is -0.717. The SMILES string of the molecule is CC1=C(/C=C/C(C)=C/C=C/C(C)=C/C(=O)NCCOCCOCCNC[C@@H](O)COc2ccc(OCc3ccccc3)c(OCc3ccccc3)c2)C(C)(C)CCC1. The van der Waals surface area contributed by atoms with E-state index in [9.17, 15) is 9.90 Å². The highest BCUT2D eigenvalue weighted by Gasteiger charge is 2.26. The van der Waals surface area contributed by atoms with E-state index in [0.29, 0.717) is 76.5 Å². The maximum absolute atomic E-state index is 12.3. The molecule has 9 nitrogen and oxygen atoms in total. The van der Waals surface area contributed by atoms with Crippen molar-refractivity contribution in [1.29, 1.82) is 0 Å². The third-order valence-corrected chi connectivity index (χ3v) is 9.69. The van der Waals surface area contributed by atoms with E-state index in [1.165, 1.54) is 30.4 Å². The average molecular weight is 793 g/mol. The summed E-state index contributed by atoms with van der Waals surface area (Å²) < 4.78 is 29.3. The number of aliphatic hydroxyl groups excluding tert-OH is 1. The summed E-state index contributed by atoms with van der Waals surface area (Å²) in [5.74, 6) is 1.60. The van der Waals surface area contributed by atoms with E-state index in [0.717, 1.165) is 22.3 Å². The van der Waals surface area contributed by atoms with Crippen molar-refractivity contribution < 1.29 is 33.6 Å². The van der Waals surface area contributed by atoms with Crippen LogP contribution in [0.25, 0.3) is 0 Å². The molecule has 312 valence electrons. The molecule has 0 heterocycles. The van der Waals surface area contributed by atoms with Gasteiger partial charge in [0.25, 0.3) is 0 Å². The van der Waals surface area contributed by atoms with Gasteiger partial charge in [0.2, 0.25) is 5.91 Å². The molecule has 9 heteroatoms. The highest BCUT2D eigenvalue weighted by molar-refractivity contribution is 5.88. The lowest BCUT2D eigenvalue weighted by Crippen LogP contribution is -2.33. The second-order valence-electron chi connectivity index (χ2n) is 15.3. The summed E-state index contributed by atoms with van der Waals surface area (Å²) in [6.07, 6.45) is 15.0. The predicted octanol–water partition coefficient (Wildman–Crippen LogP) is 8.85. The number of nitrogens with one attached hydrogen (secondary N) is 2. The number of carbonyl (C=O) groups excluding carboxylic acids is 1. The Morgan fingerprint density at radius 3 is 2.14 bits per heavy atom. The number of aliphatic hydroxyl groups is 1. The van der Waals surface area contributed by atoms with E-state index in [1.54, 1.807) is 12.1 Å². The first-order chi connectivity index (χ1) is 28.1. The maximum atomic E-state index is 12.3. The number of rotatable bonds is 25. The zero-order chi connectivity index (χ0) is 41.4. The Hall–Kier alpha value is -4.93. The lowest BCUT2D eigenvalue weighted by Gasteiger charge is -2.32. The summed E-state index contributed by atoms with van der Waals surface area (Å²) in [5, 5.41) is 16.5. The van der Waals surface area contributed by atoms with Gasteiger partial charge in [-0.2, -0.15) is 0 Å². The summed E-state index contributed by atoms with van der Waals surface area (Å²) in [7, 11) is 0. The Bertz CT molecular complexity index is 1830. The van der Waals surface area contributed by atoms with Gasteiger partial charge in [0.05, 0.1) is 26.4 Å². The van der Waals surface area contributed by atoms with Gasteiger partial charge in [0.15, 0.2) is 11.5 Å². The second kappa shape index (κ2) is 25.4. The van der Waals surface area contributed by atoms with Crippen molar-refractivity contribution in [2.24, 2.45) is 5.41 Å². The van der Waals surface area contributed by atoms with Crippen LogP contribution in [-0.4, -0.2) is 69.8 Å². The number of carbonyl (C=O) groups is 1. The number of hydrogen-bond donors (Lipinski definition) is 3. The van der Waals surface area contributed by atoms with Gasteiger partial charge in [-0.3, -0.25) is 4.79 Å². The molecule has 0 saturated heterocycles. The van der Waals surface area contributed by atoms with Gasteiger partial charge in [0, 0.05) is 31.8 Å². The van der Waals surface area contributed by atoms with Crippen LogP contribution >= 0.6 is 0 Å². The topological polar surface area (TPSA) is 108 Å². The monoisotopic (exact) mass is 792 g/mol. The van der Waals surface area contributed by atoms with E-state index >= 15 is 0 Å². The van der Waals surface area contributed by atoms with Crippen LogP contribution in [0.4, 0.5) is 0 Å². The van der Waals surface area contributed by atoms with Crippen LogP contribution in [0.5, 0.6) is 17.2 Å².